The lowest BCUT2D eigenvalue weighted by molar-refractivity contribution is 0.100. The minimum Gasteiger partial charge on any atom is -0.366 e. The van der Waals surface area contributed by atoms with Crippen LogP contribution >= 0.6 is 0 Å². The molecule has 0 bridgehead atoms. The van der Waals surface area contributed by atoms with Crippen molar-refractivity contribution in [2.45, 2.75) is 13.5 Å². The zero-order valence-electron chi connectivity index (χ0n) is 8.92. The number of rotatable bonds is 5. The maximum Gasteiger partial charge on any atom is 0.248 e. The molecule has 0 aliphatic rings. The highest BCUT2D eigenvalue weighted by molar-refractivity contribution is 5.92. The van der Waals surface area contributed by atoms with Gasteiger partial charge >= 0.3 is 0 Å². The summed E-state index contributed by atoms with van der Waals surface area (Å²) in [7, 11) is 0. The van der Waals surface area contributed by atoms with Gasteiger partial charge in [-0.3, -0.25) is 4.79 Å². The maximum atomic E-state index is 10.8. The summed E-state index contributed by atoms with van der Waals surface area (Å²) in [6, 6.07) is 7.26. The van der Waals surface area contributed by atoms with Gasteiger partial charge in [0.05, 0.1) is 0 Å². The Hall–Kier alpha value is -1.61. The van der Waals surface area contributed by atoms with Crippen molar-refractivity contribution in [3.63, 3.8) is 0 Å². The van der Waals surface area contributed by atoms with E-state index >= 15 is 0 Å². The number of hydrogen-bond donors (Lipinski definition) is 2. The van der Waals surface area contributed by atoms with Crippen LogP contribution in [0.5, 0.6) is 0 Å². The number of nitrogens with one attached hydrogen (secondary N) is 1. The molecule has 0 aliphatic heterocycles. The standard InChI is InChI=1S/C12H16N2O/c1-9(2)7-14-8-10-3-5-11(6-4-10)12(13)15/h3-6,14H,1,7-8H2,2H3,(H2,13,15). The van der Waals surface area contributed by atoms with E-state index in [0.29, 0.717) is 5.56 Å². The first-order valence-electron chi connectivity index (χ1n) is 4.83. The van der Waals surface area contributed by atoms with Gasteiger partial charge in [0.25, 0.3) is 0 Å². The van der Waals surface area contributed by atoms with Crippen LogP contribution in [0.15, 0.2) is 36.4 Å². The topological polar surface area (TPSA) is 55.1 Å². The number of carbonyl (C=O) groups is 1. The van der Waals surface area contributed by atoms with Crippen molar-refractivity contribution in [3.8, 4) is 0 Å². The van der Waals surface area contributed by atoms with E-state index in [1.165, 1.54) is 0 Å². The first-order valence-corrected chi connectivity index (χ1v) is 4.83. The molecule has 0 atom stereocenters. The lowest BCUT2D eigenvalue weighted by Gasteiger charge is -2.04. The number of hydrogen-bond acceptors (Lipinski definition) is 2. The highest BCUT2D eigenvalue weighted by atomic mass is 16.1. The summed E-state index contributed by atoms with van der Waals surface area (Å²) in [6.45, 7) is 7.35. The number of nitrogens with two attached hydrogens (primary N) is 1. The monoisotopic (exact) mass is 204 g/mol. The fourth-order valence-corrected chi connectivity index (χ4v) is 1.21. The van der Waals surface area contributed by atoms with Crippen molar-refractivity contribution < 1.29 is 4.79 Å². The normalized spacial score (nSPS) is 9.93. The second kappa shape index (κ2) is 5.32. The summed E-state index contributed by atoms with van der Waals surface area (Å²) in [5.41, 5.74) is 7.90. The highest BCUT2D eigenvalue weighted by Crippen LogP contribution is 2.03. The molecule has 3 nitrogen and oxygen atoms in total. The van der Waals surface area contributed by atoms with Crippen LogP contribution in [0.1, 0.15) is 22.8 Å². The molecule has 80 valence electrons. The number of carbonyl (C=O) groups excluding carboxylic acids is 1. The van der Waals surface area contributed by atoms with Gasteiger partial charge < -0.3 is 11.1 Å². The van der Waals surface area contributed by atoms with E-state index in [2.05, 4.69) is 11.9 Å². The highest BCUT2D eigenvalue weighted by Gasteiger charge is 1.99. The SMILES string of the molecule is C=C(C)CNCc1ccc(C(N)=O)cc1. The minimum atomic E-state index is -0.392. The summed E-state index contributed by atoms with van der Waals surface area (Å²) < 4.78 is 0. The molecule has 1 aromatic carbocycles. The average Bonchev–Trinajstić information content (AvgIpc) is 2.18. The molecule has 0 fully saturated rings. The zero-order chi connectivity index (χ0) is 11.3. The van der Waals surface area contributed by atoms with E-state index in [0.717, 1.165) is 24.2 Å². The Bertz CT molecular complexity index is 354. The molecule has 0 aliphatic carbocycles. The fraction of sp³-hybridized carbons (Fsp3) is 0.250. The van der Waals surface area contributed by atoms with Crippen molar-refractivity contribution in [1.82, 2.24) is 5.32 Å². The van der Waals surface area contributed by atoms with E-state index in [9.17, 15) is 4.79 Å². The van der Waals surface area contributed by atoms with Crippen LogP contribution in [-0.2, 0) is 6.54 Å². The third kappa shape index (κ3) is 3.95. The first-order chi connectivity index (χ1) is 7.09. The Morgan fingerprint density at radius 1 is 1.40 bits per heavy atom. The van der Waals surface area contributed by atoms with Gasteiger partial charge in [0.1, 0.15) is 0 Å². The Morgan fingerprint density at radius 2 is 2.00 bits per heavy atom. The summed E-state index contributed by atoms with van der Waals surface area (Å²) in [4.78, 5) is 10.8. The van der Waals surface area contributed by atoms with Gasteiger partial charge in [-0.1, -0.05) is 24.3 Å². The lowest BCUT2D eigenvalue weighted by atomic mass is 10.1. The van der Waals surface area contributed by atoms with Crippen molar-refractivity contribution >= 4 is 5.91 Å². The molecular formula is C12H16N2O. The number of primary amides is 1. The van der Waals surface area contributed by atoms with Gasteiger partial charge in [-0.15, -0.1) is 0 Å². The minimum absolute atomic E-state index is 0.392. The molecule has 3 heteroatoms. The molecule has 1 amide bonds. The smallest absolute Gasteiger partial charge is 0.248 e. The van der Waals surface area contributed by atoms with E-state index in [4.69, 9.17) is 5.73 Å². The third-order valence-electron chi connectivity index (χ3n) is 1.99. The van der Waals surface area contributed by atoms with Gasteiger partial charge in [-0.05, 0) is 24.6 Å². The zero-order valence-corrected chi connectivity index (χ0v) is 8.92. The quantitative estimate of drug-likeness (QED) is 0.713. The van der Waals surface area contributed by atoms with Crippen LogP contribution in [0.4, 0.5) is 0 Å². The van der Waals surface area contributed by atoms with E-state index in [-0.39, 0.29) is 0 Å². The van der Waals surface area contributed by atoms with Crippen LogP contribution in [0, 0.1) is 0 Å². The van der Waals surface area contributed by atoms with Crippen molar-refractivity contribution in [2.24, 2.45) is 5.73 Å². The van der Waals surface area contributed by atoms with Crippen LogP contribution < -0.4 is 11.1 Å². The lowest BCUT2D eigenvalue weighted by Crippen LogP contribution is -2.15. The average molecular weight is 204 g/mol. The van der Waals surface area contributed by atoms with E-state index < -0.39 is 5.91 Å². The van der Waals surface area contributed by atoms with Gasteiger partial charge in [-0.25, -0.2) is 0 Å². The third-order valence-corrected chi connectivity index (χ3v) is 1.99. The predicted molar refractivity (Wildman–Crippen MR) is 61.5 cm³/mol. The summed E-state index contributed by atoms with van der Waals surface area (Å²) in [5, 5.41) is 3.23. The molecule has 15 heavy (non-hydrogen) atoms. The molecule has 0 radical (unpaired) electrons. The summed E-state index contributed by atoms with van der Waals surface area (Å²) in [6.07, 6.45) is 0. The van der Waals surface area contributed by atoms with Gasteiger partial charge in [0, 0.05) is 18.7 Å². The summed E-state index contributed by atoms with van der Waals surface area (Å²) >= 11 is 0. The summed E-state index contributed by atoms with van der Waals surface area (Å²) in [5.74, 6) is -0.392. The van der Waals surface area contributed by atoms with E-state index in [1.807, 2.05) is 19.1 Å². The van der Waals surface area contributed by atoms with Crippen molar-refractivity contribution in [2.75, 3.05) is 6.54 Å². The molecule has 0 saturated heterocycles. The Kier molecular flexibility index (Phi) is 4.06. The largest absolute Gasteiger partial charge is 0.366 e. The molecule has 0 aromatic heterocycles. The Morgan fingerprint density at radius 3 is 2.47 bits per heavy atom. The van der Waals surface area contributed by atoms with Crippen LogP contribution in [0.2, 0.25) is 0 Å². The first kappa shape index (κ1) is 11.5. The van der Waals surface area contributed by atoms with Gasteiger partial charge in [0.2, 0.25) is 5.91 Å². The number of amides is 1. The van der Waals surface area contributed by atoms with Crippen LogP contribution in [0.3, 0.4) is 0 Å². The molecular weight excluding hydrogens is 188 g/mol. The second-order valence-electron chi connectivity index (χ2n) is 3.62. The Labute approximate surface area is 90.0 Å². The van der Waals surface area contributed by atoms with Crippen molar-refractivity contribution in [3.05, 3.63) is 47.5 Å². The predicted octanol–water partition coefficient (Wildman–Crippen LogP) is 1.45. The molecule has 0 heterocycles. The van der Waals surface area contributed by atoms with Crippen molar-refractivity contribution in [1.29, 1.82) is 0 Å². The molecule has 0 spiro atoms. The molecule has 0 unspecified atom stereocenters. The molecule has 1 rings (SSSR count). The second-order valence-corrected chi connectivity index (χ2v) is 3.62. The van der Waals surface area contributed by atoms with Crippen LogP contribution in [0.25, 0.3) is 0 Å². The molecule has 3 N–H and O–H groups in total. The van der Waals surface area contributed by atoms with Gasteiger partial charge in [-0.2, -0.15) is 0 Å². The van der Waals surface area contributed by atoms with Gasteiger partial charge in [0.15, 0.2) is 0 Å². The van der Waals surface area contributed by atoms with Crippen LogP contribution in [-0.4, -0.2) is 12.5 Å². The number of benzene rings is 1. The van der Waals surface area contributed by atoms with E-state index in [1.54, 1.807) is 12.1 Å². The Balaban J connectivity index is 2.50. The molecule has 0 saturated carbocycles. The molecule has 1 aromatic rings. The maximum absolute atomic E-state index is 10.8. The fourth-order valence-electron chi connectivity index (χ4n) is 1.21.